The molecule has 1 N–H and O–H groups in total. The molecule has 2 aliphatic carbocycles. The fourth-order valence-electron chi connectivity index (χ4n) is 3.93. The van der Waals surface area contributed by atoms with Crippen molar-refractivity contribution in [3.8, 4) is 0 Å². The number of nitrogens with one attached hydrogen (secondary N) is 1. The Morgan fingerprint density at radius 2 is 2.07 bits per heavy atom. The highest BCUT2D eigenvalue weighted by Gasteiger charge is 2.51. The van der Waals surface area contributed by atoms with Crippen molar-refractivity contribution in [2.75, 3.05) is 13.1 Å². The van der Waals surface area contributed by atoms with Crippen molar-refractivity contribution < 1.29 is 9.53 Å². The molecule has 0 spiro atoms. The second kappa shape index (κ2) is 8.07. The number of hydrogen-bond donors (Lipinski definition) is 1. The number of rotatable bonds is 8. The van der Waals surface area contributed by atoms with Crippen LogP contribution in [-0.2, 0) is 11.3 Å². The van der Waals surface area contributed by atoms with Gasteiger partial charge in [0, 0.05) is 48.6 Å². The Hall–Kier alpha value is -1.92. The zero-order valence-corrected chi connectivity index (χ0v) is 18.4. The molecule has 1 aromatic carbocycles. The summed E-state index contributed by atoms with van der Waals surface area (Å²) in [5, 5.41) is 6.67. The molecular formula is C23H31N3O2S. The van der Waals surface area contributed by atoms with Gasteiger partial charge in [0.05, 0.1) is 0 Å². The zero-order chi connectivity index (χ0) is 20.5. The molecule has 4 rings (SSSR count). The Labute approximate surface area is 177 Å². The number of carbonyl (C=O) groups excluding carboxylic acids is 1. The molecule has 2 fully saturated rings. The lowest BCUT2D eigenvalue weighted by Crippen LogP contribution is -2.44. The number of amides is 1. The molecule has 0 radical (unpaired) electrons. The van der Waals surface area contributed by atoms with Crippen LogP contribution in [0.1, 0.15) is 56.5 Å². The van der Waals surface area contributed by atoms with Gasteiger partial charge in [-0.2, -0.15) is 0 Å². The lowest BCUT2D eigenvalue weighted by Gasteiger charge is -2.31. The largest absolute Gasteiger partial charge is 0.444 e. The molecule has 1 aromatic heterocycles. The number of ether oxygens (including phenoxy) is 1. The summed E-state index contributed by atoms with van der Waals surface area (Å²) in [6.45, 7) is 8.28. The molecule has 5 nitrogen and oxygen atoms in total. The van der Waals surface area contributed by atoms with Crippen molar-refractivity contribution in [3.63, 3.8) is 0 Å². The van der Waals surface area contributed by atoms with Crippen LogP contribution in [0.3, 0.4) is 0 Å². The molecular weight excluding hydrogens is 382 g/mol. The third-order valence-electron chi connectivity index (χ3n) is 5.74. The molecule has 0 saturated heterocycles. The van der Waals surface area contributed by atoms with E-state index in [0.717, 1.165) is 43.9 Å². The molecule has 0 bridgehead atoms. The van der Waals surface area contributed by atoms with Crippen LogP contribution in [0.15, 0.2) is 41.9 Å². The summed E-state index contributed by atoms with van der Waals surface area (Å²) >= 11 is 1.67. The summed E-state index contributed by atoms with van der Waals surface area (Å²) in [6.07, 6.45) is 4.99. The highest BCUT2D eigenvalue weighted by atomic mass is 32.1. The van der Waals surface area contributed by atoms with E-state index in [9.17, 15) is 4.79 Å². The van der Waals surface area contributed by atoms with Gasteiger partial charge < -0.3 is 15.0 Å². The standard InChI is InChI=1S/C23H31N3O2S/c1-22(2,3)28-21(27)26(19-13-18(19)17-7-5-4-6-8-17)16-23(9-10-23)15-24-14-20-25-11-12-29-20/h4-8,11-12,18-19,24H,9-10,13-16H2,1-3H3/t18?,19-/m0/s1. The van der Waals surface area contributed by atoms with Crippen LogP contribution >= 0.6 is 11.3 Å². The van der Waals surface area contributed by atoms with Crippen LogP contribution < -0.4 is 5.32 Å². The number of nitrogens with zero attached hydrogens (tertiary/aromatic N) is 2. The smallest absolute Gasteiger partial charge is 0.410 e. The van der Waals surface area contributed by atoms with Crippen molar-refractivity contribution in [2.45, 2.75) is 64.1 Å². The Bertz CT molecular complexity index is 812. The van der Waals surface area contributed by atoms with Gasteiger partial charge in [0.1, 0.15) is 10.6 Å². The number of thiazole rings is 1. The lowest BCUT2D eigenvalue weighted by atomic mass is 10.1. The summed E-state index contributed by atoms with van der Waals surface area (Å²) in [6, 6.07) is 10.8. The van der Waals surface area contributed by atoms with Crippen LogP contribution in [0, 0.1) is 5.41 Å². The summed E-state index contributed by atoms with van der Waals surface area (Å²) in [7, 11) is 0. The van der Waals surface area contributed by atoms with Gasteiger partial charge in [0.15, 0.2) is 0 Å². The molecule has 1 unspecified atom stereocenters. The lowest BCUT2D eigenvalue weighted by molar-refractivity contribution is 0.0187. The van der Waals surface area contributed by atoms with Gasteiger partial charge in [0.2, 0.25) is 0 Å². The predicted molar refractivity (Wildman–Crippen MR) is 116 cm³/mol. The van der Waals surface area contributed by atoms with Gasteiger partial charge in [-0.3, -0.25) is 0 Å². The summed E-state index contributed by atoms with van der Waals surface area (Å²) in [4.78, 5) is 19.4. The van der Waals surface area contributed by atoms with Crippen molar-refractivity contribution >= 4 is 17.4 Å². The van der Waals surface area contributed by atoms with E-state index in [2.05, 4.69) is 34.6 Å². The Morgan fingerprint density at radius 1 is 1.31 bits per heavy atom. The number of aromatic nitrogens is 1. The Balaban J connectivity index is 1.41. The van der Waals surface area contributed by atoms with Gasteiger partial charge in [-0.1, -0.05) is 30.3 Å². The molecule has 29 heavy (non-hydrogen) atoms. The monoisotopic (exact) mass is 413 g/mol. The van der Waals surface area contributed by atoms with Crippen LogP contribution in [0.25, 0.3) is 0 Å². The average molecular weight is 414 g/mol. The normalized spacial score (nSPS) is 22.2. The van der Waals surface area contributed by atoms with Gasteiger partial charge >= 0.3 is 6.09 Å². The molecule has 156 valence electrons. The minimum absolute atomic E-state index is 0.165. The summed E-state index contributed by atoms with van der Waals surface area (Å²) < 4.78 is 5.78. The van der Waals surface area contributed by atoms with Gasteiger partial charge in [-0.15, -0.1) is 11.3 Å². The van der Waals surface area contributed by atoms with Crippen molar-refractivity contribution in [1.29, 1.82) is 0 Å². The van der Waals surface area contributed by atoms with Crippen LogP contribution in [-0.4, -0.2) is 40.7 Å². The third kappa shape index (κ3) is 5.37. The molecule has 2 saturated carbocycles. The van der Waals surface area contributed by atoms with Crippen molar-refractivity contribution in [2.24, 2.45) is 5.41 Å². The SMILES string of the molecule is CC(C)(C)OC(=O)N(CC1(CNCc2nccs2)CC1)[C@H]1CC1c1ccccc1. The first-order valence-electron chi connectivity index (χ1n) is 10.5. The highest BCUT2D eigenvalue weighted by Crippen LogP contribution is 2.51. The van der Waals surface area contributed by atoms with E-state index < -0.39 is 5.60 Å². The maximum absolute atomic E-state index is 13.1. The maximum atomic E-state index is 13.1. The van der Waals surface area contributed by atoms with Crippen molar-refractivity contribution in [3.05, 3.63) is 52.5 Å². The number of hydrogen-bond acceptors (Lipinski definition) is 5. The van der Waals surface area contributed by atoms with Crippen molar-refractivity contribution in [1.82, 2.24) is 15.2 Å². The summed E-state index contributed by atoms with van der Waals surface area (Å²) in [5.74, 6) is 0.419. The predicted octanol–water partition coefficient (Wildman–Crippen LogP) is 4.81. The zero-order valence-electron chi connectivity index (χ0n) is 17.6. The second-order valence-corrected chi connectivity index (χ2v) is 10.4. The topological polar surface area (TPSA) is 54.5 Å². The molecule has 1 heterocycles. The molecule has 2 aliphatic rings. The van der Waals surface area contributed by atoms with Crippen LogP contribution in [0.5, 0.6) is 0 Å². The van der Waals surface area contributed by atoms with Crippen LogP contribution in [0.4, 0.5) is 4.79 Å². The minimum atomic E-state index is -0.480. The first kappa shape index (κ1) is 20.4. The van der Waals surface area contributed by atoms with E-state index in [0.29, 0.717) is 5.92 Å². The maximum Gasteiger partial charge on any atom is 0.410 e. The van der Waals surface area contributed by atoms with Gasteiger partial charge in [-0.05, 0) is 45.6 Å². The highest BCUT2D eigenvalue weighted by molar-refractivity contribution is 7.09. The number of benzene rings is 1. The minimum Gasteiger partial charge on any atom is -0.444 e. The fraction of sp³-hybridized carbons (Fsp3) is 0.565. The molecule has 0 aliphatic heterocycles. The van der Waals surface area contributed by atoms with Gasteiger partial charge in [0.25, 0.3) is 0 Å². The van der Waals surface area contributed by atoms with Gasteiger partial charge in [-0.25, -0.2) is 9.78 Å². The Morgan fingerprint density at radius 3 is 2.69 bits per heavy atom. The molecule has 2 aromatic rings. The second-order valence-electron chi connectivity index (χ2n) is 9.46. The van der Waals surface area contributed by atoms with E-state index in [1.54, 1.807) is 11.3 Å². The van der Waals surface area contributed by atoms with E-state index in [4.69, 9.17) is 4.74 Å². The molecule has 1 amide bonds. The van der Waals surface area contributed by atoms with E-state index >= 15 is 0 Å². The number of carbonyl (C=O) groups is 1. The molecule has 2 atom stereocenters. The average Bonchev–Trinajstić information content (AvgIpc) is 3.57. The van der Waals surface area contributed by atoms with E-state index in [1.807, 2.05) is 43.3 Å². The fourth-order valence-corrected chi connectivity index (χ4v) is 4.51. The van der Waals surface area contributed by atoms with Crippen LogP contribution in [0.2, 0.25) is 0 Å². The first-order valence-corrected chi connectivity index (χ1v) is 11.4. The molecule has 6 heteroatoms. The first-order chi connectivity index (χ1) is 13.9. The quantitative estimate of drug-likeness (QED) is 0.675. The summed E-state index contributed by atoms with van der Waals surface area (Å²) in [5.41, 5.74) is 1.00. The Kier molecular flexibility index (Phi) is 5.67. The van der Waals surface area contributed by atoms with E-state index in [-0.39, 0.29) is 17.6 Å². The van der Waals surface area contributed by atoms with E-state index in [1.165, 1.54) is 5.56 Å². The third-order valence-corrected chi connectivity index (χ3v) is 6.51.